The molecular formula is C14H18O2. The van der Waals surface area contributed by atoms with Gasteiger partial charge in [-0.2, -0.15) is 0 Å². The highest BCUT2D eigenvalue weighted by Gasteiger charge is 2.35. The predicted octanol–water partition coefficient (Wildman–Crippen LogP) is 2.65. The minimum absolute atomic E-state index is 0.318. The molecular weight excluding hydrogens is 200 g/mol. The Hall–Kier alpha value is -1.02. The van der Waals surface area contributed by atoms with Crippen LogP contribution in [0.3, 0.4) is 0 Å². The molecule has 0 saturated carbocycles. The summed E-state index contributed by atoms with van der Waals surface area (Å²) >= 11 is 0. The second-order valence-corrected chi connectivity index (χ2v) is 4.88. The molecule has 0 amide bonds. The molecule has 1 aliphatic carbocycles. The number of aryl methyl sites for hydroxylation is 1. The first-order chi connectivity index (χ1) is 7.75. The standard InChI is InChI=1S/C14H18O2/c1-9-6-7-13(12-5-3-4-11(9)12)15-8-14-10(2)16-14/h6-7,10,14H,3-5,8H2,1-2H3/t10-,14+/m1/s1. The summed E-state index contributed by atoms with van der Waals surface area (Å²) in [6.07, 6.45) is 4.37. The van der Waals surface area contributed by atoms with E-state index in [0.29, 0.717) is 18.8 Å². The van der Waals surface area contributed by atoms with Crippen LogP contribution in [0.5, 0.6) is 5.75 Å². The quantitative estimate of drug-likeness (QED) is 0.727. The molecule has 0 radical (unpaired) electrons. The van der Waals surface area contributed by atoms with Crippen LogP contribution in [0.15, 0.2) is 12.1 Å². The van der Waals surface area contributed by atoms with E-state index >= 15 is 0 Å². The lowest BCUT2D eigenvalue weighted by atomic mass is 10.0. The highest BCUT2D eigenvalue weighted by molar-refractivity contribution is 5.47. The normalized spacial score (nSPS) is 26.6. The minimum atomic E-state index is 0.318. The molecule has 0 bridgehead atoms. The Morgan fingerprint density at radius 3 is 2.81 bits per heavy atom. The smallest absolute Gasteiger partial charge is 0.122 e. The molecule has 2 nitrogen and oxygen atoms in total. The van der Waals surface area contributed by atoms with Gasteiger partial charge in [-0.3, -0.25) is 0 Å². The zero-order chi connectivity index (χ0) is 11.1. The SMILES string of the molecule is Cc1ccc(OC[C@@H]2O[C@@H]2C)c2c1CCC2. The summed E-state index contributed by atoms with van der Waals surface area (Å²) in [5.74, 6) is 1.08. The second kappa shape index (κ2) is 3.77. The molecule has 0 aromatic heterocycles. The van der Waals surface area contributed by atoms with Crippen LogP contribution in [-0.4, -0.2) is 18.8 Å². The largest absolute Gasteiger partial charge is 0.490 e. The van der Waals surface area contributed by atoms with Crippen LogP contribution >= 0.6 is 0 Å². The van der Waals surface area contributed by atoms with Crippen molar-refractivity contribution in [3.05, 3.63) is 28.8 Å². The van der Waals surface area contributed by atoms with E-state index in [9.17, 15) is 0 Å². The van der Waals surface area contributed by atoms with Crippen LogP contribution in [0.2, 0.25) is 0 Å². The van der Waals surface area contributed by atoms with E-state index in [1.807, 2.05) is 0 Å². The molecule has 1 aromatic rings. The molecule has 3 rings (SSSR count). The summed E-state index contributed by atoms with van der Waals surface area (Å²) in [6.45, 7) is 4.99. The van der Waals surface area contributed by atoms with Gasteiger partial charge in [-0.15, -0.1) is 0 Å². The Morgan fingerprint density at radius 1 is 1.31 bits per heavy atom. The molecule has 0 unspecified atom stereocenters. The molecule has 1 heterocycles. The third-order valence-corrected chi connectivity index (χ3v) is 3.72. The average Bonchev–Trinajstić information content (AvgIpc) is 2.80. The number of fused-ring (bicyclic) bond motifs is 1. The van der Waals surface area contributed by atoms with Gasteiger partial charge in [0.2, 0.25) is 0 Å². The molecule has 2 heteroatoms. The topological polar surface area (TPSA) is 21.8 Å². The fraction of sp³-hybridized carbons (Fsp3) is 0.571. The van der Waals surface area contributed by atoms with Crippen molar-refractivity contribution in [2.75, 3.05) is 6.61 Å². The lowest BCUT2D eigenvalue weighted by molar-refractivity contribution is 0.259. The molecule has 2 atom stereocenters. The van der Waals surface area contributed by atoms with Crippen molar-refractivity contribution in [3.63, 3.8) is 0 Å². The van der Waals surface area contributed by atoms with Gasteiger partial charge in [0.05, 0.1) is 6.10 Å². The molecule has 1 aromatic carbocycles. The van der Waals surface area contributed by atoms with Gasteiger partial charge in [0.25, 0.3) is 0 Å². The van der Waals surface area contributed by atoms with Crippen LogP contribution < -0.4 is 4.74 Å². The maximum atomic E-state index is 5.87. The van der Waals surface area contributed by atoms with Crippen LogP contribution in [0.4, 0.5) is 0 Å². The van der Waals surface area contributed by atoms with Crippen molar-refractivity contribution in [1.29, 1.82) is 0 Å². The van der Waals surface area contributed by atoms with Gasteiger partial charge >= 0.3 is 0 Å². The summed E-state index contributed by atoms with van der Waals surface area (Å²) in [7, 11) is 0. The Kier molecular flexibility index (Phi) is 2.40. The molecule has 2 aliphatic rings. The maximum absolute atomic E-state index is 5.87. The van der Waals surface area contributed by atoms with Crippen molar-refractivity contribution >= 4 is 0 Å². The number of benzene rings is 1. The van der Waals surface area contributed by atoms with Gasteiger partial charge in [0.15, 0.2) is 0 Å². The van der Waals surface area contributed by atoms with E-state index in [4.69, 9.17) is 9.47 Å². The number of hydrogen-bond donors (Lipinski definition) is 0. The average molecular weight is 218 g/mol. The first-order valence-corrected chi connectivity index (χ1v) is 6.15. The molecule has 86 valence electrons. The maximum Gasteiger partial charge on any atom is 0.122 e. The van der Waals surface area contributed by atoms with Gasteiger partial charge in [-0.25, -0.2) is 0 Å². The molecule has 1 fully saturated rings. The predicted molar refractivity (Wildman–Crippen MR) is 63.0 cm³/mol. The van der Waals surface area contributed by atoms with Crippen LogP contribution in [0.1, 0.15) is 30.0 Å². The van der Waals surface area contributed by atoms with E-state index in [1.165, 1.54) is 36.0 Å². The monoisotopic (exact) mass is 218 g/mol. The fourth-order valence-electron chi connectivity index (χ4n) is 2.56. The number of rotatable bonds is 3. The zero-order valence-corrected chi connectivity index (χ0v) is 9.95. The zero-order valence-electron chi connectivity index (χ0n) is 9.95. The lowest BCUT2D eigenvalue weighted by Gasteiger charge is -2.11. The first kappa shape index (κ1) is 10.2. The third kappa shape index (κ3) is 1.71. The lowest BCUT2D eigenvalue weighted by Crippen LogP contribution is -2.07. The van der Waals surface area contributed by atoms with Crippen LogP contribution in [0, 0.1) is 6.92 Å². The summed E-state index contributed by atoms with van der Waals surface area (Å²) in [6, 6.07) is 4.29. The Labute approximate surface area is 96.6 Å². The summed E-state index contributed by atoms with van der Waals surface area (Å²) in [5, 5.41) is 0. The molecule has 1 aliphatic heterocycles. The fourth-order valence-corrected chi connectivity index (χ4v) is 2.56. The Balaban J connectivity index is 1.77. The van der Waals surface area contributed by atoms with Crippen molar-refractivity contribution in [2.24, 2.45) is 0 Å². The van der Waals surface area contributed by atoms with E-state index in [-0.39, 0.29) is 0 Å². The van der Waals surface area contributed by atoms with Gasteiger partial charge in [0, 0.05) is 0 Å². The summed E-state index contributed by atoms with van der Waals surface area (Å²) in [5.41, 5.74) is 4.37. The minimum Gasteiger partial charge on any atom is -0.490 e. The van der Waals surface area contributed by atoms with E-state index in [1.54, 1.807) is 0 Å². The summed E-state index contributed by atoms with van der Waals surface area (Å²) < 4.78 is 11.2. The number of ether oxygens (including phenoxy) is 2. The first-order valence-electron chi connectivity index (χ1n) is 6.15. The van der Waals surface area contributed by atoms with Crippen molar-refractivity contribution in [1.82, 2.24) is 0 Å². The Morgan fingerprint density at radius 2 is 2.06 bits per heavy atom. The highest BCUT2D eigenvalue weighted by Crippen LogP contribution is 2.33. The summed E-state index contributed by atoms with van der Waals surface area (Å²) in [4.78, 5) is 0. The van der Waals surface area contributed by atoms with Crippen molar-refractivity contribution in [3.8, 4) is 5.75 Å². The van der Waals surface area contributed by atoms with E-state index < -0.39 is 0 Å². The molecule has 0 spiro atoms. The van der Waals surface area contributed by atoms with Crippen LogP contribution in [-0.2, 0) is 17.6 Å². The van der Waals surface area contributed by atoms with Gasteiger partial charge in [0.1, 0.15) is 18.5 Å². The van der Waals surface area contributed by atoms with E-state index in [0.717, 1.165) is 5.75 Å². The highest BCUT2D eigenvalue weighted by atomic mass is 16.6. The van der Waals surface area contributed by atoms with Crippen molar-refractivity contribution < 1.29 is 9.47 Å². The van der Waals surface area contributed by atoms with Crippen LogP contribution in [0.25, 0.3) is 0 Å². The second-order valence-electron chi connectivity index (χ2n) is 4.88. The number of hydrogen-bond acceptors (Lipinski definition) is 2. The van der Waals surface area contributed by atoms with Crippen molar-refractivity contribution in [2.45, 2.75) is 45.3 Å². The van der Waals surface area contributed by atoms with Gasteiger partial charge < -0.3 is 9.47 Å². The van der Waals surface area contributed by atoms with E-state index in [2.05, 4.69) is 26.0 Å². The third-order valence-electron chi connectivity index (χ3n) is 3.72. The number of epoxide rings is 1. The molecule has 0 N–H and O–H groups in total. The molecule has 1 saturated heterocycles. The van der Waals surface area contributed by atoms with Gasteiger partial charge in [-0.05, 0) is 55.9 Å². The Bertz CT molecular complexity index is 411. The van der Waals surface area contributed by atoms with Gasteiger partial charge in [-0.1, -0.05) is 6.07 Å². The molecule has 16 heavy (non-hydrogen) atoms.